The number of carbonyl (C=O) groups is 2. The molecular formula is C14H23NO3. The van der Waals surface area contributed by atoms with Gasteiger partial charge in [-0.2, -0.15) is 0 Å². The standard InChI is InChI=1S/C14H23NO3/c16-13(17)7-6-11-8-9-15(10-11)14(18)12-4-2-1-3-5-12/h11-12H,1-10H2,(H,16,17). The van der Waals surface area contributed by atoms with Gasteiger partial charge in [-0.1, -0.05) is 19.3 Å². The van der Waals surface area contributed by atoms with Crippen LogP contribution >= 0.6 is 0 Å². The molecular weight excluding hydrogens is 230 g/mol. The molecule has 0 radical (unpaired) electrons. The maximum Gasteiger partial charge on any atom is 0.303 e. The minimum Gasteiger partial charge on any atom is -0.481 e. The van der Waals surface area contributed by atoms with Crippen LogP contribution in [0, 0.1) is 11.8 Å². The highest BCUT2D eigenvalue weighted by molar-refractivity contribution is 5.79. The van der Waals surface area contributed by atoms with Crippen LogP contribution in [0.2, 0.25) is 0 Å². The van der Waals surface area contributed by atoms with E-state index in [1.165, 1.54) is 19.3 Å². The van der Waals surface area contributed by atoms with Gasteiger partial charge >= 0.3 is 5.97 Å². The van der Waals surface area contributed by atoms with E-state index >= 15 is 0 Å². The fraction of sp³-hybridized carbons (Fsp3) is 0.857. The summed E-state index contributed by atoms with van der Waals surface area (Å²) in [5, 5.41) is 8.67. The second kappa shape index (κ2) is 6.21. The second-order valence-electron chi connectivity index (χ2n) is 5.71. The smallest absolute Gasteiger partial charge is 0.303 e. The Morgan fingerprint density at radius 1 is 1.11 bits per heavy atom. The summed E-state index contributed by atoms with van der Waals surface area (Å²) in [5.74, 6) is 0.241. The van der Waals surface area contributed by atoms with Crippen LogP contribution in [-0.2, 0) is 9.59 Å². The molecule has 2 rings (SSSR count). The summed E-state index contributed by atoms with van der Waals surface area (Å²) in [6, 6.07) is 0. The van der Waals surface area contributed by atoms with Gasteiger partial charge in [0.15, 0.2) is 0 Å². The third kappa shape index (κ3) is 3.47. The first kappa shape index (κ1) is 13.4. The molecule has 2 aliphatic rings. The molecule has 1 heterocycles. The predicted molar refractivity (Wildman–Crippen MR) is 68.1 cm³/mol. The van der Waals surface area contributed by atoms with Crippen LogP contribution in [0.5, 0.6) is 0 Å². The molecule has 2 fully saturated rings. The Bertz CT molecular complexity index is 310. The Kier molecular flexibility index (Phi) is 4.61. The van der Waals surface area contributed by atoms with Crippen LogP contribution in [0.3, 0.4) is 0 Å². The van der Waals surface area contributed by atoms with Crippen molar-refractivity contribution in [1.82, 2.24) is 4.90 Å². The van der Waals surface area contributed by atoms with Crippen LogP contribution < -0.4 is 0 Å². The number of hydrogen-bond donors (Lipinski definition) is 1. The molecule has 18 heavy (non-hydrogen) atoms. The van der Waals surface area contributed by atoms with Gasteiger partial charge in [-0.3, -0.25) is 9.59 Å². The van der Waals surface area contributed by atoms with E-state index in [4.69, 9.17) is 5.11 Å². The number of amides is 1. The van der Waals surface area contributed by atoms with Crippen LogP contribution in [0.25, 0.3) is 0 Å². The van der Waals surface area contributed by atoms with Crippen molar-refractivity contribution in [3.05, 3.63) is 0 Å². The SMILES string of the molecule is O=C(O)CCC1CCN(C(=O)C2CCCCC2)C1. The Hall–Kier alpha value is -1.06. The third-order valence-electron chi connectivity index (χ3n) is 4.32. The molecule has 1 saturated carbocycles. The summed E-state index contributed by atoms with van der Waals surface area (Å²) in [5.41, 5.74) is 0. The van der Waals surface area contributed by atoms with Gasteiger partial charge in [0.05, 0.1) is 0 Å². The van der Waals surface area contributed by atoms with Crippen LogP contribution in [0.4, 0.5) is 0 Å². The minimum absolute atomic E-state index is 0.232. The zero-order chi connectivity index (χ0) is 13.0. The lowest BCUT2D eigenvalue weighted by atomic mass is 9.88. The number of aliphatic carboxylic acids is 1. The van der Waals surface area contributed by atoms with E-state index in [0.717, 1.165) is 32.4 Å². The van der Waals surface area contributed by atoms with Crippen LogP contribution in [0.1, 0.15) is 51.4 Å². The zero-order valence-electron chi connectivity index (χ0n) is 10.9. The second-order valence-corrected chi connectivity index (χ2v) is 5.71. The summed E-state index contributed by atoms with van der Waals surface area (Å²) < 4.78 is 0. The van der Waals surface area contributed by atoms with Gasteiger partial charge in [0, 0.05) is 25.4 Å². The lowest BCUT2D eigenvalue weighted by Gasteiger charge is -2.26. The molecule has 1 aliphatic heterocycles. The van der Waals surface area contributed by atoms with E-state index in [-0.39, 0.29) is 12.3 Å². The van der Waals surface area contributed by atoms with Gasteiger partial charge in [0.2, 0.25) is 5.91 Å². The Morgan fingerprint density at radius 2 is 1.83 bits per heavy atom. The van der Waals surface area contributed by atoms with Gasteiger partial charge in [-0.15, -0.1) is 0 Å². The van der Waals surface area contributed by atoms with Crippen molar-refractivity contribution >= 4 is 11.9 Å². The molecule has 4 nitrogen and oxygen atoms in total. The van der Waals surface area contributed by atoms with E-state index in [9.17, 15) is 9.59 Å². The third-order valence-corrected chi connectivity index (χ3v) is 4.32. The molecule has 1 aliphatic carbocycles. The number of carbonyl (C=O) groups excluding carboxylic acids is 1. The van der Waals surface area contributed by atoms with Crippen molar-refractivity contribution in [3.63, 3.8) is 0 Å². The first-order chi connectivity index (χ1) is 8.66. The topological polar surface area (TPSA) is 57.6 Å². The van der Waals surface area contributed by atoms with E-state index in [1.54, 1.807) is 0 Å². The molecule has 1 saturated heterocycles. The molecule has 0 aromatic rings. The Morgan fingerprint density at radius 3 is 2.50 bits per heavy atom. The fourth-order valence-corrected chi connectivity index (χ4v) is 3.20. The van der Waals surface area contributed by atoms with Gasteiger partial charge < -0.3 is 10.0 Å². The average molecular weight is 253 g/mol. The molecule has 1 atom stereocenters. The molecule has 0 aromatic carbocycles. The van der Waals surface area contributed by atoms with Crippen molar-refractivity contribution in [2.75, 3.05) is 13.1 Å². The largest absolute Gasteiger partial charge is 0.481 e. The van der Waals surface area contributed by atoms with Gasteiger partial charge in [-0.25, -0.2) is 0 Å². The van der Waals surface area contributed by atoms with Crippen molar-refractivity contribution in [3.8, 4) is 0 Å². The van der Waals surface area contributed by atoms with E-state index in [2.05, 4.69) is 0 Å². The van der Waals surface area contributed by atoms with Gasteiger partial charge in [-0.05, 0) is 31.6 Å². The Balaban J connectivity index is 1.77. The summed E-state index contributed by atoms with van der Waals surface area (Å²) >= 11 is 0. The molecule has 102 valence electrons. The number of likely N-dealkylation sites (tertiary alicyclic amines) is 1. The van der Waals surface area contributed by atoms with Crippen molar-refractivity contribution < 1.29 is 14.7 Å². The molecule has 1 amide bonds. The number of carboxylic acid groups (broad SMARTS) is 1. The first-order valence-electron chi connectivity index (χ1n) is 7.17. The Labute approximate surface area is 108 Å². The average Bonchev–Trinajstić information content (AvgIpc) is 2.85. The van der Waals surface area contributed by atoms with Crippen molar-refractivity contribution in [2.24, 2.45) is 11.8 Å². The maximum absolute atomic E-state index is 12.3. The lowest BCUT2D eigenvalue weighted by Crippen LogP contribution is -2.35. The monoisotopic (exact) mass is 253 g/mol. The van der Waals surface area contributed by atoms with Crippen LogP contribution in [-0.4, -0.2) is 35.0 Å². The molecule has 0 aromatic heterocycles. The molecule has 0 bridgehead atoms. The quantitative estimate of drug-likeness (QED) is 0.836. The highest BCUT2D eigenvalue weighted by atomic mass is 16.4. The first-order valence-corrected chi connectivity index (χ1v) is 7.17. The van der Waals surface area contributed by atoms with Crippen molar-refractivity contribution in [2.45, 2.75) is 51.4 Å². The summed E-state index contributed by atoms with van der Waals surface area (Å²) in [4.78, 5) is 24.8. The van der Waals surface area contributed by atoms with Gasteiger partial charge in [0.25, 0.3) is 0 Å². The zero-order valence-corrected chi connectivity index (χ0v) is 10.9. The fourth-order valence-electron chi connectivity index (χ4n) is 3.20. The summed E-state index contributed by atoms with van der Waals surface area (Å²) in [7, 11) is 0. The predicted octanol–water partition coefficient (Wildman–Crippen LogP) is 2.28. The normalized spacial score (nSPS) is 25.3. The lowest BCUT2D eigenvalue weighted by molar-refractivity contribution is -0.137. The number of rotatable bonds is 4. The molecule has 1 unspecified atom stereocenters. The van der Waals surface area contributed by atoms with Gasteiger partial charge in [0.1, 0.15) is 0 Å². The maximum atomic E-state index is 12.3. The van der Waals surface area contributed by atoms with E-state index in [0.29, 0.717) is 18.2 Å². The number of hydrogen-bond acceptors (Lipinski definition) is 2. The molecule has 1 N–H and O–H groups in total. The highest BCUT2D eigenvalue weighted by Gasteiger charge is 2.31. The minimum atomic E-state index is -0.730. The summed E-state index contributed by atoms with van der Waals surface area (Å²) in [6.07, 6.45) is 7.67. The molecule has 4 heteroatoms. The van der Waals surface area contributed by atoms with E-state index < -0.39 is 5.97 Å². The van der Waals surface area contributed by atoms with Crippen LogP contribution in [0.15, 0.2) is 0 Å². The molecule has 0 spiro atoms. The summed E-state index contributed by atoms with van der Waals surface area (Å²) in [6.45, 7) is 1.61. The highest BCUT2D eigenvalue weighted by Crippen LogP contribution is 2.28. The van der Waals surface area contributed by atoms with E-state index in [1.807, 2.05) is 4.90 Å². The number of carboxylic acids is 1. The number of nitrogens with zero attached hydrogens (tertiary/aromatic N) is 1. The van der Waals surface area contributed by atoms with Crippen molar-refractivity contribution in [1.29, 1.82) is 0 Å².